The average molecular weight is 224 g/mol. The van der Waals surface area contributed by atoms with Crippen molar-refractivity contribution in [2.24, 2.45) is 16.7 Å². The van der Waals surface area contributed by atoms with Gasteiger partial charge in [-0.2, -0.15) is 11.3 Å². The normalized spacial score (nSPS) is 25.1. The highest BCUT2D eigenvalue weighted by Crippen LogP contribution is 2.69. The first-order chi connectivity index (χ1) is 6.87. The largest absolute Gasteiger partial charge is 0.392 e. The molecule has 0 saturated heterocycles. The van der Waals surface area contributed by atoms with Crippen molar-refractivity contribution >= 4 is 11.3 Å². The standard InChI is InChI=1S/C13H20OS/c1-12(2)11(13(12,3)4)10(14)7-9-5-6-15-8-9/h5-6,8,10-11,14H,7H2,1-4H3. The van der Waals surface area contributed by atoms with Gasteiger partial charge in [0.1, 0.15) is 0 Å². The van der Waals surface area contributed by atoms with Crippen molar-refractivity contribution in [1.29, 1.82) is 0 Å². The maximum atomic E-state index is 10.2. The van der Waals surface area contributed by atoms with E-state index in [0.717, 1.165) is 6.42 Å². The lowest BCUT2D eigenvalue weighted by Crippen LogP contribution is -2.17. The molecule has 1 fully saturated rings. The van der Waals surface area contributed by atoms with Crippen LogP contribution in [0.5, 0.6) is 0 Å². The minimum atomic E-state index is -0.190. The summed E-state index contributed by atoms with van der Waals surface area (Å²) in [5.74, 6) is 0.435. The molecule has 0 radical (unpaired) electrons. The van der Waals surface area contributed by atoms with Crippen LogP contribution in [0.15, 0.2) is 16.8 Å². The van der Waals surface area contributed by atoms with Crippen LogP contribution in [0.3, 0.4) is 0 Å². The Morgan fingerprint density at radius 2 is 1.93 bits per heavy atom. The van der Waals surface area contributed by atoms with Gasteiger partial charge in [-0.25, -0.2) is 0 Å². The minimum Gasteiger partial charge on any atom is -0.392 e. The van der Waals surface area contributed by atoms with Crippen molar-refractivity contribution in [2.45, 2.75) is 40.2 Å². The summed E-state index contributed by atoms with van der Waals surface area (Å²) in [7, 11) is 0. The molecule has 0 aliphatic heterocycles. The second-order valence-corrected chi connectivity index (χ2v) is 6.60. The highest BCUT2D eigenvalue weighted by Gasteiger charge is 2.66. The Bertz CT molecular complexity index is 323. The molecule has 1 aromatic heterocycles. The van der Waals surface area contributed by atoms with Gasteiger partial charge < -0.3 is 5.11 Å². The highest BCUT2D eigenvalue weighted by molar-refractivity contribution is 7.07. The molecular weight excluding hydrogens is 204 g/mol. The Morgan fingerprint density at radius 1 is 1.33 bits per heavy atom. The van der Waals surface area contributed by atoms with Crippen LogP contribution >= 0.6 is 11.3 Å². The number of rotatable bonds is 3. The summed E-state index contributed by atoms with van der Waals surface area (Å²) in [6.45, 7) is 9.03. The Kier molecular flexibility index (Phi) is 2.47. The van der Waals surface area contributed by atoms with Gasteiger partial charge in [-0.15, -0.1) is 0 Å². The van der Waals surface area contributed by atoms with Crippen LogP contribution in [-0.2, 0) is 6.42 Å². The van der Waals surface area contributed by atoms with Gasteiger partial charge in [-0.05, 0) is 45.6 Å². The summed E-state index contributed by atoms with van der Waals surface area (Å²) in [6.07, 6.45) is 0.616. The van der Waals surface area contributed by atoms with Gasteiger partial charge in [0.15, 0.2) is 0 Å². The lowest BCUT2D eigenvalue weighted by molar-refractivity contribution is 0.129. The molecule has 1 heterocycles. The molecule has 1 atom stereocenters. The summed E-state index contributed by atoms with van der Waals surface area (Å²) in [5.41, 5.74) is 1.83. The molecule has 1 nitrogen and oxygen atoms in total. The first-order valence-corrected chi connectivity index (χ1v) is 6.51. The van der Waals surface area contributed by atoms with Gasteiger partial charge in [-0.1, -0.05) is 27.7 Å². The van der Waals surface area contributed by atoms with Crippen LogP contribution in [0, 0.1) is 16.7 Å². The van der Waals surface area contributed by atoms with Crippen LogP contribution in [0.25, 0.3) is 0 Å². The van der Waals surface area contributed by atoms with E-state index in [-0.39, 0.29) is 16.9 Å². The average Bonchev–Trinajstić information content (AvgIpc) is 2.53. The molecule has 1 saturated carbocycles. The summed E-state index contributed by atoms with van der Waals surface area (Å²) >= 11 is 1.70. The van der Waals surface area contributed by atoms with Gasteiger partial charge in [-0.3, -0.25) is 0 Å². The van der Waals surface area contributed by atoms with E-state index >= 15 is 0 Å². The lowest BCUT2D eigenvalue weighted by atomic mass is 10.0. The van der Waals surface area contributed by atoms with Crippen molar-refractivity contribution in [2.75, 3.05) is 0 Å². The number of aliphatic hydroxyl groups is 1. The molecule has 1 aromatic rings. The molecular formula is C13H20OS. The number of hydrogen-bond donors (Lipinski definition) is 1. The zero-order valence-electron chi connectivity index (χ0n) is 9.95. The van der Waals surface area contributed by atoms with E-state index in [9.17, 15) is 5.11 Å². The van der Waals surface area contributed by atoms with E-state index in [1.54, 1.807) is 11.3 Å². The molecule has 15 heavy (non-hydrogen) atoms. The van der Waals surface area contributed by atoms with Gasteiger partial charge in [0.25, 0.3) is 0 Å². The van der Waals surface area contributed by atoms with Gasteiger partial charge in [0.05, 0.1) is 6.10 Å². The predicted octanol–water partition coefficient (Wildman–Crippen LogP) is 3.33. The fourth-order valence-electron chi connectivity index (χ4n) is 2.98. The predicted molar refractivity (Wildman–Crippen MR) is 65.1 cm³/mol. The Morgan fingerprint density at radius 3 is 2.33 bits per heavy atom. The van der Waals surface area contributed by atoms with Crippen molar-refractivity contribution < 1.29 is 5.11 Å². The quantitative estimate of drug-likeness (QED) is 0.835. The first-order valence-electron chi connectivity index (χ1n) is 5.56. The summed E-state index contributed by atoms with van der Waals surface area (Å²) in [5, 5.41) is 14.4. The van der Waals surface area contributed by atoms with E-state index < -0.39 is 0 Å². The van der Waals surface area contributed by atoms with Crippen molar-refractivity contribution in [1.82, 2.24) is 0 Å². The maximum Gasteiger partial charge on any atom is 0.0619 e. The molecule has 1 N–H and O–H groups in total. The van der Waals surface area contributed by atoms with Crippen LogP contribution in [0.2, 0.25) is 0 Å². The molecule has 2 heteroatoms. The molecule has 2 rings (SSSR count). The van der Waals surface area contributed by atoms with Gasteiger partial charge >= 0.3 is 0 Å². The molecule has 1 aliphatic rings. The summed E-state index contributed by atoms with van der Waals surface area (Å²) < 4.78 is 0. The smallest absolute Gasteiger partial charge is 0.0619 e. The second-order valence-electron chi connectivity index (χ2n) is 5.82. The molecule has 1 aliphatic carbocycles. The third-order valence-corrected chi connectivity index (χ3v) is 5.27. The minimum absolute atomic E-state index is 0.190. The monoisotopic (exact) mass is 224 g/mol. The SMILES string of the molecule is CC1(C)C(C(O)Cc2ccsc2)C1(C)C. The second kappa shape index (κ2) is 3.33. The number of aliphatic hydroxyl groups excluding tert-OH is 1. The highest BCUT2D eigenvalue weighted by atomic mass is 32.1. The van der Waals surface area contributed by atoms with Crippen LogP contribution < -0.4 is 0 Å². The van der Waals surface area contributed by atoms with Crippen LogP contribution in [-0.4, -0.2) is 11.2 Å². The van der Waals surface area contributed by atoms with Crippen LogP contribution in [0.4, 0.5) is 0 Å². The Labute approximate surface area is 96.1 Å². The topological polar surface area (TPSA) is 20.2 Å². The fourth-order valence-corrected chi connectivity index (χ4v) is 3.66. The van der Waals surface area contributed by atoms with Crippen LogP contribution in [0.1, 0.15) is 33.3 Å². The van der Waals surface area contributed by atoms with E-state index in [1.165, 1.54) is 5.56 Å². The number of thiophene rings is 1. The third kappa shape index (κ3) is 1.64. The molecule has 0 spiro atoms. The van der Waals surface area contributed by atoms with E-state index in [2.05, 4.69) is 44.5 Å². The van der Waals surface area contributed by atoms with Crippen molar-refractivity contribution in [3.8, 4) is 0 Å². The number of hydrogen-bond acceptors (Lipinski definition) is 2. The van der Waals surface area contributed by atoms with E-state index in [0.29, 0.717) is 5.92 Å². The van der Waals surface area contributed by atoms with E-state index in [4.69, 9.17) is 0 Å². The van der Waals surface area contributed by atoms with Crippen molar-refractivity contribution in [3.05, 3.63) is 22.4 Å². The molecule has 0 aromatic carbocycles. The van der Waals surface area contributed by atoms with Gasteiger partial charge in [0.2, 0.25) is 0 Å². The molecule has 0 amide bonds. The maximum absolute atomic E-state index is 10.2. The zero-order chi connectivity index (χ0) is 11.3. The first kappa shape index (κ1) is 11.2. The van der Waals surface area contributed by atoms with Crippen molar-refractivity contribution in [3.63, 3.8) is 0 Å². The Balaban J connectivity index is 2.02. The summed E-state index contributed by atoms with van der Waals surface area (Å²) in [6, 6.07) is 2.11. The fraction of sp³-hybridized carbons (Fsp3) is 0.692. The molecule has 84 valence electrons. The third-order valence-electron chi connectivity index (χ3n) is 4.54. The van der Waals surface area contributed by atoms with E-state index in [1.807, 2.05) is 0 Å². The molecule has 1 unspecified atom stereocenters. The zero-order valence-corrected chi connectivity index (χ0v) is 10.8. The lowest BCUT2D eigenvalue weighted by Gasteiger charge is -2.11. The summed E-state index contributed by atoms with van der Waals surface area (Å²) in [4.78, 5) is 0. The Hall–Kier alpha value is -0.340. The molecule has 0 bridgehead atoms. The van der Waals surface area contributed by atoms with Gasteiger partial charge in [0, 0.05) is 0 Å².